The van der Waals surface area contributed by atoms with Crippen LogP contribution in [0.1, 0.15) is 35.7 Å². The number of benzene rings is 2. The number of aromatic hydroxyl groups is 2. The van der Waals surface area contributed by atoms with Crippen molar-refractivity contribution in [3.63, 3.8) is 0 Å². The minimum atomic E-state index is -1.10. The van der Waals surface area contributed by atoms with Crippen molar-refractivity contribution in [1.29, 1.82) is 0 Å². The van der Waals surface area contributed by atoms with Crippen LogP contribution in [0, 0.1) is 6.92 Å². The van der Waals surface area contributed by atoms with Crippen LogP contribution in [0.2, 0.25) is 0 Å². The van der Waals surface area contributed by atoms with E-state index in [1.165, 1.54) is 18.2 Å². The van der Waals surface area contributed by atoms with E-state index in [2.05, 4.69) is 26.7 Å². The molecule has 2 aromatic carbocycles. The van der Waals surface area contributed by atoms with Gasteiger partial charge in [0.15, 0.2) is 0 Å². The van der Waals surface area contributed by atoms with E-state index in [-0.39, 0.29) is 52.5 Å². The second-order valence-corrected chi connectivity index (χ2v) is 6.06. The Kier molecular flexibility index (Phi) is 20.7. The first-order chi connectivity index (χ1) is 14.3. The number of rotatable bonds is 7. The zero-order valence-electron chi connectivity index (χ0n) is 18.5. The van der Waals surface area contributed by atoms with Crippen LogP contribution in [0.3, 0.4) is 0 Å². The summed E-state index contributed by atoms with van der Waals surface area (Å²) in [6.07, 6.45) is 5.54. The molecule has 0 unspecified atom stereocenters. The number of halogens is 1. The number of carbonyl (C=O) groups excluding carboxylic acids is 1. The van der Waals surface area contributed by atoms with Gasteiger partial charge in [-0.05, 0) is 38.0 Å². The van der Waals surface area contributed by atoms with E-state index in [9.17, 15) is 20.1 Å². The standard InChI is InChI=1S/C13H16O2.C9H10O3.C3H5.ClH.Mg/c1-3-9-13(15,10-4-2)11-7-5-6-8-12(11)14;1-2-12-9(11)7-5-3-4-6-8(7)10;1-3-2;;/h3-8,14-15H,1-2,9-10H2;3-6,10H,2H2,1H3;3H,1-2H2;1H;/q;;-1;;+2/p-1. The average Bonchev–Trinajstić information content (AvgIpc) is 2.70. The molecule has 0 fully saturated rings. The molecular weight excluding hydrogens is 440 g/mol. The summed E-state index contributed by atoms with van der Waals surface area (Å²) in [6, 6.07) is 13.1. The molecule has 2 aromatic rings. The topological polar surface area (TPSA) is 87.0 Å². The predicted octanol–water partition coefficient (Wildman–Crippen LogP) is 1.93. The van der Waals surface area contributed by atoms with Crippen LogP contribution >= 0.6 is 0 Å². The number of esters is 1. The fourth-order valence-electron chi connectivity index (χ4n) is 2.50. The van der Waals surface area contributed by atoms with E-state index < -0.39 is 11.6 Å². The van der Waals surface area contributed by atoms with E-state index in [1.54, 1.807) is 55.5 Å². The summed E-state index contributed by atoms with van der Waals surface area (Å²) < 4.78 is 4.71. The number of allylic oxidation sites excluding steroid dienone is 1. The second kappa shape index (κ2) is 19.3. The normalized spacial score (nSPS) is 9.06. The molecule has 3 N–H and O–H groups in total. The maximum atomic E-state index is 11.1. The van der Waals surface area contributed by atoms with Crippen molar-refractivity contribution in [1.82, 2.24) is 0 Å². The van der Waals surface area contributed by atoms with Gasteiger partial charge in [-0.15, -0.1) is 13.2 Å². The first-order valence-electron chi connectivity index (χ1n) is 9.39. The van der Waals surface area contributed by atoms with Crippen LogP contribution < -0.4 is 12.4 Å². The third-order valence-corrected chi connectivity index (χ3v) is 3.77. The average molecular weight is 471 g/mol. The smallest absolute Gasteiger partial charge is 1.00 e. The second-order valence-electron chi connectivity index (χ2n) is 6.06. The number of aliphatic hydroxyl groups is 1. The number of hydrogen-bond donors (Lipinski definition) is 3. The van der Waals surface area contributed by atoms with Gasteiger partial charge < -0.3 is 32.5 Å². The molecule has 7 heteroatoms. The van der Waals surface area contributed by atoms with Crippen molar-refractivity contribution in [3.8, 4) is 11.5 Å². The zero-order chi connectivity index (χ0) is 23.0. The van der Waals surface area contributed by atoms with E-state index >= 15 is 0 Å². The molecule has 0 aliphatic heterocycles. The van der Waals surface area contributed by atoms with Gasteiger partial charge in [0, 0.05) is 5.56 Å². The summed E-state index contributed by atoms with van der Waals surface area (Å²) in [6.45, 7) is 15.7. The first-order valence-corrected chi connectivity index (χ1v) is 9.39. The summed E-state index contributed by atoms with van der Waals surface area (Å²) >= 11 is 0. The van der Waals surface area contributed by atoms with Crippen LogP contribution in [-0.2, 0) is 10.3 Å². The van der Waals surface area contributed by atoms with Crippen LogP contribution in [0.25, 0.3) is 0 Å². The maximum absolute atomic E-state index is 11.1. The number of para-hydroxylation sites is 2. The molecule has 0 heterocycles. The molecule has 0 saturated carbocycles. The van der Waals surface area contributed by atoms with Crippen LogP contribution in [0.4, 0.5) is 0 Å². The van der Waals surface area contributed by atoms with Gasteiger partial charge in [-0.2, -0.15) is 0 Å². The van der Waals surface area contributed by atoms with Crippen molar-refractivity contribution < 1.29 is 37.3 Å². The summed E-state index contributed by atoms with van der Waals surface area (Å²) in [5.41, 5.74) is -0.376. The Morgan fingerprint density at radius 1 is 1.00 bits per heavy atom. The minimum Gasteiger partial charge on any atom is -1.00 e. The maximum Gasteiger partial charge on any atom is 2.00 e. The van der Waals surface area contributed by atoms with Gasteiger partial charge in [0.1, 0.15) is 17.1 Å². The molecule has 0 aliphatic carbocycles. The quantitative estimate of drug-likeness (QED) is 0.249. The van der Waals surface area contributed by atoms with E-state index in [0.717, 1.165) is 0 Å². The molecule has 32 heavy (non-hydrogen) atoms. The third kappa shape index (κ3) is 11.9. The SMILES string of the molecule is C=CCC(O)(CC=C)c1ccccc1O.C=C[CH2-].CCOC(=O)c1ccccc1O.[Cl-].[Mg+2]. The molecule has 5 nitrogen and oxygen atoms in total. The molecule has 0 spiro atoms. The van der Waals surface area contributed by atoms with E-state index in [4.69, 9.17) is 4.74 Å². The van der Waals surface area contributed by atoms with Crippen LogP contribution in [-0.4, -0.2) is 50.9 Å². The predicted molar refractivity (Wildman–Crippen MR) is 127 cm³/mol. The van der Waals surface area contributed by atoms with Gasteiger partial charge in [0.2, 0.25) is 0 Å². The molecule has 0 aromatic heterocycles. The number of ether oxygens (including phenoxy) is 1. The number of hydrogen-bond acceptors (Lipinski definition) is 5. The first kappa shape index (κ1) is 34.2. The Balaban J connectivity index is -0.000000450. The van der Waals surface area contributed by atoms with E-state index in [1.807, 2.05) is 0 Å². The Hall–Kier alpha value is -2.38. The van der Waals surface area contributed by atoms with Gasteiger partial charge in [0.05, 0.1) is 12.2 Å². The fourth-order valence-corrected chi connectivity index (χ4v) is 2.50. The molecule has 0 amide bonds. The molecule has 0 aliphatic rings. The van der Waals surface area contributed by atoms with Crippen molar-refractivity contribution in [2.75, 3.05) is 6.61 Å². The Morgan fingerprint density at radius 2 is 1.44 bits per heavy atom. The van der Waals surface area contributed by atoms with Crippen molar-refractivity contribution in [2.24, 2.45) is 0 Å². The Labute approximate surface area is 213 Å². The molecule has 2 rings (SSSR count). The number of carbonyl (C=O) groups is 1. The largest absolute Gasteiger partial charge is 2.00 e. The molecule has 0 atom stereocenters. The monoisotopic (exact) mass is 470 g/mol. The third-order valence-electron chi connectivity index (χ3n) is 3.77. The summed E-state index contributed by atoms with van der Waals surface area (Å²) in [4.78, 5) is 11.1. The summed E-state index contributed by atoms with van der Waals surface area (Å²) in [7, 11) is 0. The number of phenolic OH excluding ortho intramolecular Hbond substituents is 2. The van der Waals surface area contributed by atoms with Gasteiger partial charge in [0.25, 0.3) is 0 Å². The minimum absolute atomic E-state index is 0. The number of phenols is 2. The van der Waals surface area contributed by atoms with Crippen molar-refractivity contribution in [3.05, 3.63) is 105 Å². The molecule has 0 bridgehead atoms. The molecule has 0 radical (unpaired) electrons. The molecular formula is C25H31ClMgO5. The van der Waals surface area contributed by atoms with Gasteiger partial charge >= 0.3 is 29.0 Å². The van der Waals surface area contributed by atoms with Gasteiger partial charge in [-0.25, -0.2) is 24.4 Å². The van der Waals surface area contributed by atoms with Gasteiger partial charge in [-0.3, -0.25) is 0 Å². The summed E-state index contributed by atoms with van der Waals surface area (Å²) in [5.74, 6) is -0.435. The molecule has 170 valence electrons. The van der Waals surface area contributed by atoms with Crippen molar-refractivity contribution in [2.45, 2.75) is 25.4 Å². The van der Waals surface area contributed by atoms with Crippen molar-refractivity contribution >= 4 is 29.0 Å². The van der Waals surface area contributed by atoms with E-state index in [0.29, 0.717) is 25.0 Å². The van der Waals surface area contributed by atoms with Gasteiger partial charge in [-0.1, -0.05) is 42.5 Å². The van der Waals surface area contributed by atoms with Crippen LogP contribution in [0.5, 0.6) is 11.5 Å². The zero-order valence-corrected chi connectivity index (χ0v) is 20.7. The fraction of sp³-hybridized carbons (Fsp3) is 0.200. The molecule has 0 saturated heterocycles. The Morgan fingerprint density at radius 3 is 1.84 bits per heavy atom. The summed E-state index contributed by atoms with van der Waals surface area (Å²) in [5, 5.41) is 29.2. The van der Waals surface area contributed by atoms with Crippen LogP contribution in [0.15, 0.2) is 86.5 Å². The Bertz CT molecular complexity index is 813.